The highest BCUT2D eigenvalue weighted by Gasteiger charge is 2.37. The van der Waals surface area contributed by atoms with Crippen molar-refractivity contribution < 1.29 is 0 Å². The molecular weight excluding hydrogens is 563 g/mol. The Bertz CT molecular complexity index is 2100. The van der Waals surface area contributed by atoms with Crippen molar-refractivity contribution >= 4 is 18.4 Å². The highest BCUT2D eigenvalue weighted by Crippen LogP contribution is 2.32. The van der Waals surface area contributed by atoms with Gasteiger partial charge in [0.05, 0.1) is 0 Å². The van der Waals surface area contributed by atoms with Crippen LogP contribution in [0.5, 0.6) is 0 Å². The second-order valence-corrected chi connectivity index (χ2v) is 16.5. The third kappa shape index (κ3) is 4.90. The zero-order valence-electron chi connectivity index (χ0n) is 25.3. The molecule has 1 aromatic heterocycles. The molecule has 7 aromatic rings. The molecule has 0 amide bonds. The largest absolute Gasteiger partial charge is 0.208 e. The molecule has 0 bridgehead atoms. The monoisotopic (exact) mass is 593 g/mol. The van der Waals surface area contributed by atoms with Crippen molar-refractivity contribution in [2.75, 3.05) is 0 Å². The van der Waals surface area contributed by atoms with Crippen LogP contribution >= 0.6 is 0 Å². The summed E-state index contributed by atoms with van der Waals surface area (Å²) in [5.74, 6) is 2.00. The Morgan fingerprint density at radius 1 is 0.333 bits per heavy atom. The van der Waals surface area contributed by atoms with Gasteiger partial charge in [0, 0.05) is 16.7 Å². The van der Waals surface area contributed by atoms with Gasteiger partial charge >= 0.3 is 0 Å². The summed E-state index contributed by atoms with van der Waals surface area (Å²) in [7, 11) is -1.70. The van der Waals surface area contributed by atoms with E-state index in [2.05, 4.69) is 104 Å². The Morgan fingerprint density at radius 2 is 0.711 bits per heavy atom. The van der Waals surface area contributed by atoms with Crippen molar-refractivity contribution in [2.24, 2.45) is 0 Å². The number of benzene rings is 6. The molecule has 0 fully saturated rings. The summed E-state index contributed by atoms with van der Waals surface area (Å²) in [6.07, 6.45) is 0. The minimum absolute atomic E-state index is 0.662. The van der Waals surface area contributed by atoms with Gasteiger partial charge in [-0.25, -0.2) is 15.0 Å². The van der Waals surface area contributed by atoms with E-state index < -0.39 is 8.07 Å². The molecule has 8 rings (SSSR count). The molecule has 0 unspecified atom stereocenters. The molecule has 0 aliphatic carbocycles. The van der Waals surface area contributed by atoms with Crippen molar-refractivity contribution in [3.63, 3.8) is 0 Å². The second-order valence-electron chi connectivity index (χ2n) is 12.1. The van der Waals surface area contributed by atoms with E-state index in [0.717, 1.165) is 22.3 Å². The predicted octanol–water partition coefficient (Wildman–Crippen LogP) is 9.01. The summed E-state index contributed by atoms with van der Waals surface area (Å²) in [6.45, 7) is 4.94. The fourth-order valence-electron chi connectivity index (χ4n) is 6.49. The molecule has 214 valence electrons. The first-order valence-electron chi connectivity index (χ1n) is 15.4. The first kappa shape index (κ1) is 27.1. The summed E-state index contributed by atoms with van der Waals surface area (Å²) in [5.41, 5.74) is 10.6. The molecule has 0 saturated heterocycles. The van der Waals surface area contributed by atoms with Gasteiger partial charge in [0.15, 0.2) is 17.5 Å². The first-order chi connectivity index (χ1) is 22.0. The minimum Gasteiger partial charge on any atom is -0.208 e. The molecule has 4 heteroatoms. The van der Waals surface area contributed by atoms with Crippen molar-refractivity contribution in [2.45, 2.75) is 13.1 Å². The summed E-state index contributed by atoms with van der Waals surface area (Å²) >= 11 is 0. The minimum atomic E-state index is -1.70. The quantitative estimate of drug-likeness (QED) is 0.187. The van der Waals surface area contributed by atoms with Crippen LogP contribution in [-0.4, -0.2) is 23.0 Å². The lowest BCUT2D eigenvalue weighted by Gasteiger charge is -2.19. The normalized spacial score (nSPS) is 12.8. The molecule has 45 heavy (non-hydrogen) atoms. The average molecular weight is 594 g/mol. The molecule has 6 aromatic carbocycles. The van der Waals surface area contributed by atoms with Crippen molar-refractivity contribution in [3.05, 3.63) is 152 Å². The van der Waals surface area contributed by atoms with Crippen molar-refractivity contribution in [3.8, 4) is 67.5 Å². The van der Waals surface area contributed by atoms with Gasteiger partial charge < -0.3 is 0 Å². The first-order valence-corrected chi connectivity index (χ1v) is 18.4. The summed E-state index contributed by atoms with van der Waals surface area (Å²) in [5, 5.41) is 3.07. The fourth-order valence-corrected chi connectivity index (χ4v) is 9.59. The van der Waals surface area contributed by atoms with Gasteiger partial charge in [-0.05, 0) is 43.8 Å². The standard InChI is InChI=1S/C41H31N3Si/c1-45(2)37-16-10-9-15-35(37)36-26-25-34(27-38(36)45)30-19-17-28(18-20-30)29-21-23-33(24-22-29)41-43-39(31-11-5-3-6-12-31)42-40(44-41)32-13-7-4-8-14-32/h3-27H,1-2H3. The van der Waals surface area contributed by atoms with Crippen LogP contribution in [-0.2, 0) is 0 Å². The van der Waals surface area contributed by atoms with Crippen molar-refractivity contribution in [1.82, 2.24) is 15.0 Å². The molecule has 0 saturated carbocycles. The molecule has 1 aliphatic rings. The van der Waals surface area contributed by atoms with Crippen LogP contribution in [0, 0.1) is 0 Å². The number of aromatic nitrogens is 3. The van der Waals surface area contributed by atoms with Crippen LogP contribution in [0.15, 0.2) is 152 Å². The molecule has 3 nitrogen and oxygen atoms in total. The van der Waals surface area contributed by atoms with Crippen LogP contribution in [0.3, 0.4) is 0 Å². The van der Waals surface area contributed by atoms with E-state index in [1.807, 2.05) is 60.7 Å². The number of hydrogen-bond donors (Lipinski definition) is 0. The van der Waals surface area contributed by atoms with Gasteiger partial charge in [-0.15, -0.1) is 0 Å². The third-order valence-corrected chi connectivity index (χ3v) is 12.5. The number of nitrogens with zero attached hydrogens (tertiary/aromatic N) is 3. The van der Waals surface area contributed by atoms with E-state index in [0.29, 0.717) is 17.5 Å². The highest BCUT2D eigenvalue weighted by molar-refractivity contribution is 7.03. The lowest BCUT2D eigenvalue weighted by atomic mass is 9.97. The van der Waals surface area contributed by atoms with E-state index in [9.17, 15) is 0 Å². The number of hydrogen-bond acceptors (Lipinski definition) is 3. The maximum atomic E-state index is 4.88. The Labute approximate surface area is 265 Å². The Hall–Kier alpha value is -5.45. The van der Waals surface area contributed by atoms with E-state index in [-0.39, 0.29) is 0 Å². The van der Waals surface area contributed by atoms with Crippen molar-refractivity contribution in [1.29, 1.82) is 0 Å². The van der Waals surface area contributed by atoms with Crippen LogP contribution in [0.2, 0.25) is 13.1 Å². The van der Waals surface area contributed by atoms with Crippen LogP contribution < -0.4 is 10.4 Å². The maximum Gasteiger partial charge on any atom is 0.164 e. The van der Waals surface area contributed by atoms with Gasteiger partial charge in [0.1, 0.15) is 8.07 Å². The van der Waals surface area contributed by atoms with E-state index in [1.54, 1.807) is 5.19 Å². The second kappa shape index (κ2) is 10.9. The molecule has 0 N–H and O–H groups in total. The Morgan fingerprint density at radius 3 is 1.24 bits per heavy atom. The van der Waals surface area contributed by atoms with Gasteiger partial charge in [0.2, 0.25) is 0 Å². The molecular formula is C41H31N3Si. The zero-order valence-corrected chi connectivity index (χ0v) is 26.3. The number of fused-ring (bicyclic) bond motifs is 3. The lowest BCUT2D eigenvalue weighted by molar-refractivity contribution is 1.07. The SMILES string of the molecule is C[Si]1(C)c2ccccc2-c2ccc(-c3ccc(-c4ccc(-c5nc(-c6ccccc6)nc(-c6ccccc6)n5)cc4)cc3)cc21. The van der Waals surface area contributed by atoms with E-state index in [1.165, 1.54) is 33.0 Å². The lowest BCUT2D eigenvalue weighted by Crippen LogP contribution is -2.49. The van der Waals surface area contributed by atoms with Crippen LogP contribution in [0.25, 0.3) is 67.5 Å². The van der Waals surface area contributed by atoms with E-state index >= 15 is 0 Å². The van der Waals surface area contributed by atoms with Gasteiger partial charge in [-0.1, -0.05) is 165 Å². The van der Waals surface area contributed by atoms with E-state index in [4.69, 9.17) is 15.0 Å². The van der Waals surface area contributed by atoms with Crippen LogP contribution in [0.4, 0.5) is 0 Å². The molecule has 0 atom stereocenters. The Balaban J connectivity index is 1.09. The number of rotatable bonds is 5. The molecule has 0 radical (unpaired) electrons. The smallest absolute Gasteiger partial charge is 0.164 e. The Kier molecular flexibility index (Phi) is 6.58. The fraction of sp³-hybridized carbons (Fsp3) is 0.0488. The summed E-state index contributed by atoms with van der Waals surface area (Å²) in [4.78, 5) is 14.6. The topological polar surface area (TPSA) is 38.7 Å². The third-order valence-electron chi connectivity index (χ3n) is 8.98. The molecule has 0 spiro atoms. The zero-order chi connectivity index (χ0) is 30.4. The average Bonchev–Trinajstić information content (AvgIpc) is 3.34. The predicted molar refractivity (Wildman–Crippen MR) is 189 cm³/mol. The summed E-state index contributed by atoms with van der Waals surface area (Å²) in [6, 6.07) is 53.6. The molecule has 2 heterocycles. The van der Waals surface area contributed by atoms with Crippen LogP contribution in [0.1, 0.15) is 0 Å². The van der Waals surface area contributed by atoms with Gasteiger partial charge in [-0.2, -0.15) is 0 Å². The maximum absolute atomic E-state index is 4.88. The summed E-state index contributed by atoms with van der Waals surface area (Å²) < 4.78 is 0. The van der Waals surface area contributed by atoms with Gasteiger partial charge in [0.25, 0.3) is 0 Å². The van der Waals surface area contributed by atoms with Gasteiger partial charge in [-0.3, -0.25) is 0 Å². The highest BCUT2D eigenvalue weighted by atomic mass is 28.3. The molecule has 1 aliphatic heterocycles.